The molecule has 2 aromatic carbocycles. The van der Waals surface area contributed by atoms with E-state index in [4.69, 9.17) is 11.6 Å². The number of benzene rings is 2. The number of aromatic nitrogens is 2. The van der Waals surface area contributed by atoms with E-state index in [1.807, 2.05) is 38.1 Å². The monoisotopic (exact) mass is 384 g/mol. The van der Waals surface area contributed by atoms with Gasteiger partial charge in [0.05, 0.1) is 11.0 Å². The third kappa shape index (κ3) is 4.28. The molecule has 2 N–H and O–H groups in total. The molecule has 2 atom stereocenters. The Morgan fingerprint density at radius 1 is 1.15 bits per heavy atom. The highest BCUT2D eigenvalue weighted by Crippen LogP contribution is 2.14. The molecule has 0 spiro atoms. The van der Waals surface area contributed by atoms with Crippen LogP contribution in [0.4, 0.5) is 0 Å². The smallest absolute Gasteiger partial charge is 0.261 e. The Labute approximate surface area is 162 Å². The maximum atomic E-state index is 12.9. The van der Waals surface area contributed by atoms with Gasteiger partial charge in [-0.1, -0.05) is 44.0 Å². The Morgan fingerprint density at radius 2 is 1.85 bits per heavy atom. The molecule has 3 rings (SSSR count). The van der Waals surface area contributed by atoms with Gasteiger partial charge in [0, 0.05) is 10.6 Å². The molecule has 0 fully saturated rings. The molecular formula is C20H21ClN4O2. The quantitative estimate of drug-likeness (QED) is 0.681. The lowest BCUT2D eigenvalue weighted by Gasteiger charge is -2.24. The van der Waals surface area contributed by atoms with Crippen LogP contribution < -0.4 is 10.7 Å². The maximum absolute atomic E-state index is 12.9. The Kier molecular flexibility index (Phi) is 5.76. The van der Waals surface area contributed by atoms with Crippen LogP contribution in [0, 0.1) is 5.92 Å². The summed E-state index contributed by atoms with van der Waals surface area (Å²) in [5.74, 6) is -0.659. The van der Waals surface area contributed by atoms with E-state index in [2.05, 4.69) is 15.7 Å². The second-order valence-electron chi connectivity index (χ2n) is 6.42. The summed E-state index contributed by atoms with van der Waals surface area (Å²) in [4.78, 5) is 29.7. The molecule has 3 aromatic rings. The van der Waals surface area contributed by atoms with Gasteiger partial charge in [-0.2, -0.15) is 0 Å². The summed E-state index contributed by atoms with van der Waals surface area (Å²) in [7, 11) is 0. The molecule has 0 aliphatic rings. The van der Waals surface area contributed by atoms with Crippen LogP contribution in [-0.2, 0) is 4.79 Å². The number of imidazole rings is 1. The van der Waals surface area contributed by atoms with Gasteiger partial charge in [-0.3, -0.25) is 15.0 Å². The van der Waals surface area contributed by atoms with Crippen molar-refractivity contribution in [3.63, 3.8) is 0 Å². The fourth-order valence-corrected chi connectivity index (χ4v) is 2.89. The van der Waals surface area contributed by atoms with Crippen molar-refractivity contribution in [3.05, 3.63) is 65.4 Å². The van der Waals surface area contributed by atoms with Crippen LogP contribution in [0.5, 0.6) is 0 Å². The lowest BCUT2D eigenvalue weighted by atomic mass is 9.98. The molecule has 0 aliphatic heterocycles. The summed E-state index contributed by atoms with van der Waals surface area (Å²) in [5.41, 5.74) is 4.85. The fraction of sp³-hybridized carbons (Fsp3) is 0.250. The average Bonchev–Trinajstić information content (AvgIpc) is 3.08. The number of carbonyl (C=O) groups excluding carboxylic acids is 2. The second-order valence-corrected chi connectivity index (χ2v) is 6.86. The molecule has 7 heteroatoms. The van der Waals surface area contributed by atoms with Crippen LogP contribution in [0.15, 0.2) is 54.9 Å². The van der Waals surface area contributed by atoms with Crippen LogP contribution in [0.3, 0.4) is 0 Å². The number of hydrogen-bond acceptors (Lipinski definition) is 3. The SMILES string of the molecule is CCC(C)C(NC(=O)c1ccc(Cl)cc1)C(=O)Nn1cnc2ccccc21. The summed E-state index contributed by atoms with van der Waals surface area (Å²) >= 11 is 5.87. The lowest BCUT2D eigenvalue weighted by Crippen LogP contribution is -2.49. The number of para-hydroxylation sites is 2. The zero-order valence-corrected chi connectivity index (χ0v) is 15.9. The highest BCUT2D eigenvalue weighted by Gasteiger charge is 2.27. The van der Waals surface area contributed by atoms with E-state index >= 15 is 0 Å². The number of fused-ring (bicyclic) bond motifs is 1. The standard InChI is InChI=1S/C20H21ClN4O2/c1-3-13(2)18(23-19(26)14-8-10-15(21)11-9-14)20(27)24-25-12-22-16-6-4-5-7-17(16)25/h4-13,18H,3H2,1-2H3,(H,23,26)(H,24,27). The summed E-state index contributed by atoms with van der Waals surface area (Å²) in [6, 6.07) is 13.4. The van der Waals surface area contributed by atoms with Gasteiger partial charge in [0.15, 0.2) is 0 Å². The predicted molar refractivity (Wildman–Crippen MR) is 106 cm³/mol. The van der Waals surface area contributed by atoms with E-state index in [0.717, 1.165) is 17.5 Å². The second kappa shape index (κ2) is 8.22. The molecule has 1 aromatic heterocycles. The number of hydrogen-bond donors (Lipinski definition) is 2. The Hall–Kier alpha value is -2.86. The van der Waals surface area contributed by atoms with Gasteiger partial charge in [0.25, 0.3) is 11.8 Å². The summed E-state index contributed by atoms with van der Waals surface area (Å²) in [6.07, 6.45) is 2.29. The number of carbonyl (C=O) groups is 2. The Bertz CT molecular complexity index is 952. The van der Waals surface area contributed by atoms with Gasteiger partial charge < -0.3 is 5.32 Å². The third-order valence-electron chi connectivity index (χ3n) is 4.57. The molecule has 6 nitrogen and oxygen atoms in total. The Balaban J connectivity index is 1.78. The molecule has 1 heterocycles. The predicted octanol–water partition coefficient (Wildman–Crippen LogP) is 3.60. The van der Waals surface area contributed by atoms with E-state index in [9.17, 15) is 9.59 Å². The molecule has 2 amide bonds. The molecule has 27 heavy (non-hydrogen) atoms. The van der Waals surface area contributed by atoms with Crippen molar-refractivity contribution in [2.24, 2.45) is 5.92 Å². The van der Waals surface area contributed by atoms with Crippen molar-refractivity contribution in [1.82, 2.24) is 15.0 Å². The van der Waals surface area contributed by atoms with Gasteiger partial charge in [-0.15, -0.1) is 0 Å². The molecule has 0 saturated heterocycles. The minimum Gasteiger partial charge on any atom is -0.340 e. The minimum atomic E-state index is -0.681. The van der Waals surface area contributed by atoms with E-state index in [0.29, 0.717) is 10.6 Å². The maximum Gasteiger partial charge on any atom is 0.261 e. The molecule has 0 saturated carbocycles. The van der Waals surface area contributed by atoms with Gasteiger partial charge in [0.1, 0.15) is 12.4 Å². The van der Waals surface area contributed by atoms with Crippen LogP contribution in [0.1, 0.15) is 30.6 Å². The summed E-state index contributed by atoms with van der Waals surface area (Å²) in [6.45, 7) is 3.91. The van der Waals surface area contributed by atoms with Gasteiger partial charge >= 0.3 is 0 Å². The highest BCUT2D eigenvalue weighted by atomic mass is 35.5. The molecular weight excluding hydrogens is 364 g/mol. The van der Waals surface area contributed by atoms with Gasteiger partial charge in [-0.05, 0) is 42.3 Å². The first-order valence-corrected chi connectivity index (χ1v) is 9.16. The number of amides is 2. The summed E-state index contributed by atoms with van der Waals surface area (Å²) < 4.78 is 1.57. The molecule has 2 unspecified atom stereocenters. The van der Waals surface area contributed by atoms with E-state index in [1.54, 1.807) is 35.3 Å². The van der Waals surface area contributed by atoms with Crippen molar-refractivity contribution < 1.29 is 9.59 Å². The number of nitrogens with one attached hydrogen (secondary N) is 2. The van der Waals surface area contributed by atoms with Crippen molar-refractivity contribution in [1.29, 1.82) is 0 Å². The Morgan fingerprint density at radius 3 is 2.56 bits per heavy atom. The molecule has 140 valence electrons. The highest BCUT2D eigenvalue weighted by molar-refractivity contribution is 6.30. The van der Waals surface area contributed by atoms with E-state index in [-0.39, 0.29) is 17.7 Å². The topological polar surface area (TPSA) is 76.0 Å². The molecule has 0 bridgehead atoms. The van der Waals surface area contributed by atoms with E-state index < -0.39 is 6.04 Å². The zero-order valence-electron chi connectivity index (χ0n) is 15.1. The zero-order chi connectivity index (χ0) is 19.4. The first-order chi connectivity index (χ1) is 13.0. The number of rotatable bonds is 6. The summed E-state index contributed by atoms with van der Waals surface area (Å²) in [5, 5.41) is 3.39. The van der Waals surface area contributed by atoms with Crippen molar-refractivity contribution in [2.45, 2.75) is 26.3 Å². The molecule has 0 aliphatic carbocycles. The van der Waals surface area contributed by atoms with Crippen molar-refractivity contribution >= 4 is 34.4 Å². The molecule has 0 radical (unpaired) electrons. The van der Waals surface area contributed by atoms with Crippen molar-refractivity contribution in [3.8, 4) is 0 Å². The number of nitrogens with zero attached hydrogens (tertiary/aromatic N) is 2. The van der Waals surface area contributed by atoms with Crippen LogP contribution in [0.2, 0.25) is 5.02 Å². The fourth-order valence-electron chi connectivity index (χ4n) is 2.76. The van der Waals surface area contributed by atoms with Crippen molar-refractivity contribution in [2.75, 3.05) is 5.43 Å². The largest absolute Gasteiger partial charge is 0.340 e. The average molecular weight is 385 g/mol. The lowest BCUT2D eigenvalue weighted by molar-refractivity contribution is -0.120. The van der Waals surface area contributed by atoms with Crippen LogP contribution >= 0.6 is 11.6 Å². The van der Waals surface area contributed by atoms with Gasteiger partial charge in [0.2, 0.25) is 0 Å². The first-order valence-electron chi connectivity index (χ1n) is 8.79. The van der Waals surface area contributed by atoms with Crippen LogP contribution in [0.25, 0.3) is 11.0 Å². The van der Waals surface area contributed by atoms with Crippen LogP contribution in [-0.4, -0.2) is 27.5 Å². The normalized spacial score (nSPS) is 13.1. The van der Waals surface area contributed by atoms with Gasteiger partial charge in [-0.25, -0.2) is 9.66 Å². The first kappa shape index (κ1) is 18.9. The third-order valence-corrected chi connectivity index (χ3v) is 4.82. The van der Waals surface area contributed by atoms with E-state index in [1.165, 1.54) is 0 Å². The number of halogens is 1. The minimum absolute atomic E-state index is 0.0453.